The Morgan fingerprint density at radius 3 is 3.17 bits per heavy atom. The Bertz CT molecular complexity index is 400. The van der Waals surface area contributed by atoms with Crippen LogP contribution in [0.2, 0.25) is 5.02 Å². The maximum absolute atomic E-state index is 6.15. The second-order valence-corrected chi connectivity index (χ2v) is 4.95. The first-order valence-electron chi connectivity index (χ1n) is 6.42. The van der Waals surface area contributed by atoms with Gasteiger partial charge >= 0.3 is 0 Å². The summed E-state index contributed by atoms with van der Waals surface area (Å²) in [5, 5.41) is 4.01. The third-order valence-corrected chi connectivity index (χ3v) is 3.39. The van der Waals surface area contributed by atoms with Gasteiger partial charge < -0.3 is 15.0 Å². The summed E-state index contributed by atoms with van der Waals surface area (Å²) in [5.41, 5.74) is 1.10. The van der Waals surface area contributed by atoms with E-state index in [1.54, 1.807) is 6.20 Å². The third-order valence-electron chi connectivity index (χ3n) is 3.05. The minimum absolute atomic E-state index is 0.258. The van der Waals surface area contributed by atoms with Gasteiger partial charge in [0.05, 0.1) is 17.7 Å². The summed E-state index contributed by atoms with van der Waals surface area (Å²) in [6, 6.07) is 2.07. The average Bonchev–Trinajstić information content (AvgIpc) is 2.38. The zero-order valence-corrected chi connectivity index (χ0v) is 11.7. The largest absolute Gasteiger partial charge is 0.375 e. The Kier molecular flexibility index (Phi) is 4.80. The quantitative estimate of drug-likeness (QED) is 0.908. The van der Waals surface area contributed by atoms with Crippen molar-refractivity contribution in [3.05, 3.63) is 22.8 Å². The van der Waals surface area contributed by atoms with E-state index in [1.165, 1.54) is 0 Å². The van der Waals surface area contributed by atoms with Crippen LogP contribution in [0.4, 0.5) is 5.82 Å². The van der Waals surface area contributed by atoms with Crippen LogP contribution >= 0.6 is 11.6 Å². The van der Waals surface area contributed by atoms with E-state index in [4.69, 9.17) is 16.3 Å². The Morgan fingerprint density at radius 1 is 1.61 bits per heavy atom. The lowest BCUT2D eigenvalue weighted by Gasteiger charge is -2.32. The number of ether oxygens (including phenoxy) is 1. The monoisotopic (exact) mass is 269 g/mol. The van der Waals surface area contributed by atoms with Crippen molar-refractivity contribution in [2.45, 2.75) is 26.5 Å². The molecule has 1 aliphatic rings. The van der Waals surface area contributed by atoms with Gasteiger partial charge in [0.1, 0.15) is 5.82 Å². The maximum Gasteiger partial charge on any atom is 0.129 e. The molecule has 5 heteroatoms. The molecular weight excluding hydrogens is 250 g/mol. The number of aromatic nitrogens is 1. The van der Waals surface area contributed by atoms with Gasteiger partial charge in [0.25, 0.3) is 0 Å². The Labute approximate surface area is 113 Å². The molecule has 1 saturated heterocycles. The Hall–Kier alpha value is -0.840. The van der Waals surface area contributed by atoms with Crippen molar-refractivity contribution in [2.24, 2.45) is 0 Å². The van der Waals surface area contributed by atoms with Crippen LogP contribution < -0.4 is 10.2 Å². The SMILES string of the molecule is CCNCc1cc(N2CCOC(C)C2)ncc1Cl. The number of hydrogen-bond donors (Lipinski definition) is 1. The van der Waals surface area contributed by atoms with Gasteiger partial charge in [0.15, 0.2) is 0 Å². The molecule has 0 aliphatic carbocycles. The fourth-order valence-electron chi connectivity index (χ4n) is 2.06. The maximum atomic E-state index is 6.15. The Balaban J connectivity index is 2.12. The second kappa shape index (κ2) is 6.36. The molecule has 0 aromatic carbocycles. The molecule has 2 rings (SSSR count). The second-order valence-electron chi connectivity index (χ2n) is 4.54. The zero-order valence-electron chi connectivity index (χ0n) is 10.9. The van der Waals surface area contributed by atoms with E-state index in [9.17, 15) is 0 Å². The standard InChI is InChI=1S/C13H20ClN3O/c1-3-15-7-11-6-13(16-8-12(11)14)17-4-5-18-10(2)9-17/h6,8,10,15H,3-5,7,9H2,1-2H3. The van der Waals surface area contributed by atoms with Gasteiger partial charge in [-0.25, -0.2) is 4.98 Å². The molecule has 0 amide bonds. The summed E-state index contributed by atoms with van der Waals surface area (Å²) in [6.07, 6.45) is 2.00. The van der Waals surface area contributed by atoms with Crippen molar-refractivity contribution >= 4 is 17.4 Å². The lowest BCUT2D eigenvalue weighted by atomic mass is 10.2. The van der Waals surface area contributed by atoms with Gasteiger partial charge in [-0.1, -0.05) is 18.5 Å². The highest BCUT2D eigenvalue weighted by Gasteiger charge is 2.18. The molecule has 0 spiro atoms. The highest BCUT2D eigenvalue weighted by atomic mass is 35.5. The highest BCUT2D eigenvalue weighted by molar-refractivity contribution is 6.31. The van der Waals surface area contributed by atoms with E-state index in [-0.39, 0.29) is 6.10 Å². The fourth-order valence-corrected chi connectivity index (χ4v) is 2.23. The molecule has 1 fully saturated rings. The molecule has 1 aliphatic heterocycles. The van der Waals surface area contributed by atoms with Crippen LogP contribution in [0.1, 0.15) is 19.4 Å². The van der Waals surface area contributed by atoms with Crippen molar-refractivity contribution < 1.29 is 4.74 Å². The van der Waals surface area contributed by atoms with Gasteiger partial charge in [-0.3, -0.25) is 0 Å². The first kappa shape index (κ1) is 13.6. The van der Waals surface area contributed by atoms with Crippen LogP contribution in [0.25, 0.3) is 0 Å². The summed E-state index contributed by atoms with van der Waals surface area (Å²) < 4.78 is 5.54. The molecular formula is C13H20ClN3O. The molecule has 1 atom stereocenters. The molecule has 0 saturated carbocycles. The van der Waals surface area contributed by atoms with Gasteiger partial charge in [0, 0.05) is 25.8 Å². The summed E-state index contributed by atoms with van der Waals surface area (Å²) in [7, 11) is 0. The summed E-state index contributed by atoms with van der Waals surface area (Å²) in [4.78, 5) is 6.67. The van der Waals surface area contributed by atoms with Crippen LogP contribution in [0.5, 0.6) is 0 Å². The van der Waals surface area contributed by atoms with Gasteiger partial charge in [-0.15, -0.1) is 0 Å². The zero-order chi connectivity index (χ0) is 13.0. The molecule has 1 aromatic rings. The molecule has 1 N–H and O–H groups in total. The van der Waals surface area contributed by atoms with Crippen molar-refractivity contribution in [3.63, 3.8) is 0 Å². The van der Waals surface area contributed by atoms with Crippen LogP contribution in [0.15, 0.2) is 12.3 Å². The van der Waals surface area contributed by atoms with Gasteiger partial charge in [-0.2, -0.15) is 0 Å². The minimum atomic E-state index is 0.258. The van der Waals surface area contributed by atoms with Crippen molar-refractivity contribution in [1.82, 2.24) is 10.3 Å². The number of rotatable bonds is 4. The number of hydrogen-bond acceptors (Lipinski definition) is 4. The number of nitrogens with one attached hydrogen (secondary N) is 1. The van der Waals surface area contributed by atoms with E-state index in [1.807, 2.05) is 0 Å². The lowest BCUT2D eigenvalue weighted by molar-refractivity contribution is 0.0529. The van der Waals surface area contributed by atoms with Crippen molar-refractivity contribution in [2.75, 3.05) is 31.1 Å². The predicted octanol–water partition coefficient (Wildman–Crippen LogP) is 2.07. The minimum Gasteiger partial charge on any atom is -0.375 e. The van der Waals surface area contributed by atoms with Crippen molar-refractivity contribution in [3.8, 4) is 0 Å². The van der Waals surface area contributed by atoms with E-state index < -0.39 is 0 Å². The topological polar surface area (TPSA) is 37.4 Å². The molecule has 0 bridgehead atoms. The summed E-state index contributed by atoms with van der Waals surface area (Å²) >= 11 is 6.15. The highest BCUT2D eigenvalue weighted by Crippen LogP contribution is 2.22. The molecule has 100 valence electrons. The molecule has 2 heterocycles. The van der Waals surface area contributed by atoms with Crippen LogP contribution in [0.3, 0.4) is 0 Å². The van der Waals surface area contributed by atoms with Crippen LogP contribution in [-0.2, 0) is 11.3 Å². The fraction of sp³-hybridized carbons (Fsp3) is 0.615. The summed E-state index contributed by atoms with van der Waals surface area (Å²) in [6.45, 7) is 8.41. The van der Waals surface area contributed by atoms with Crippen LogP contribution in [0, 0.1) is 0 Å². The van der Waals surface area contributed by atoms with E-state index in [2.05, 4.69) is 35.1 Å². The normalized spacial score (nSPS) is 20.2. The Morgan fingerprint density at radius 2 is 2.44 bits per heavy atom. The molecule has 18 heavy (non-hydrogen) atoms. The van der Waals surface area contributed by atoms with Gasteiger partial charge in [-0.05, 0) is 25.1 Å². The van der Waals surface area contributed by atoms with Crippen LogP contribution in [-0.4, -0.2) is 37.3 Å². The molecule has 4 nitrogen and oxygen atoms in total. The van der Waals surface area contributed by atoms with E-state index >= 15 is 0 Å². The summed E-state index contributed by atoms with van der Waals surface area (Å²) in [5.74, 6) is 0.988. The average molecular weight is 270 g/mol. The first-order chi connectivity index (χ1) is 8.70. The molecule has 1 unspecified atom stereocenters. The van der Waals surface area contributed by atoms with E-state index in [0.717, 1.165) is 49.2 Å². The lowest BCUT2D eigenvalue weighted by Crippen LogP contribution is -2.41. The number of morpholine rings is 1. The smallest absolute Gasteiger partial charge is 0.129 e. The predicted molar refractivity (Wildman–Crippen MR) is 74.3 cm³/mol. The van der Waals surface area contributed by atoms with Crippen molar-refractivity contribution in [1.29, 1.82) is 0 Å². The number of nitrogens with zero attached hydrogens (tertiary/aromatic N) is 2. The number of anilines is 1. The van der Waals surface area contributed by atoms with E-state index in [0.29, 0.717) is 0 Å². The molecule has 0 radical (unpaired) electrons. The third kappa shape index (κ3) is 3.34. The number of halogens is 1. The molecule has 1 aromatic heterocycles. The first-order valence-corrected chi connectivity index (χ1v) is 6.80. The number of pyridine rings is 1. The van der Waals surface area contributed by atoms with Gasteiger partial charge in [0.2, 0.25) is 0 Å².